The van der Waals surface area contributed by atoms with E-state index in [9.17, 15) is 0 Å². The first-order valence-corrected chi connectivity index (χ1v) is 7.03. The molecule has 0 aromatic carbocycles. The van der Waals surface area contributed by atoms with E-state index in [4.69, 9.17) is 16.6 Å². The summed E-state index contributed by atoms with van der Waals surface area (Å²) in [6.07, 6.45) is 2.53. The zero-order valence-electron chi connectivity index (χ0n) is 11.9. The second kappa shape index (κ2) is 4.69. The largest absolute Gasteiger partial charge is 0.354 e. The van der Waals surface area contributed by atoms with Gasteiger partial charge >= 0.3 is 0 Å². The van der Waals surface area contributed by atoms with Gasteiger partial charge in [0, 0.05) is 23.6 Å². The maximum Gasteiger partial charge on any atom is 0.137 e. The van der Waals surface area contributed by atoms with Gasteiger partial charge < -0.3 is 4.90 Å². The first-order chi connectivity index (χ1) is 8.34. The molecule has 0 aliphatic heterocycles. The Hall–Kier alpha value is -0.830. The van der Waals surface area contributed by atoms with Crippen molar-refractivity contribution in [2.24, 2.45) is 0 Å². The third-order valence-corrected chi connectivity index (χ3v) is 3.70. The molecule has 0 bridgehead atoms. The molecule has 1 fully saturated rings. The van der Waals surface area contributed by atoms with Crippen LogP contribution in [0.25, 0.3) is 0 Å². The van der Waals surface area contributed by atoms with Crippen LogP contribution in [0.3, 0.4) is 0 Å². The van der Waals surface area contributed by atoms with Gasteiger partial charge in [0.1, 0.15) is 16.8 Å². The minimum atomic E-state index is -0.0744. The summed E-state index contributed by atoms with van der Waals surface area (Å²) in [6, 6.07) is 0.646. The van der Waals surface area contributed by atoms with Gasteiger partial charge in [0.05, 0.1) is 0 Å². The fourth-order valence-corrected chi connectivity index (χ4v) is 2.22. The van der Waals surface area contributed by atoms with Gasteiger partial charge in [-0.25, -0.2) is 9.97 Å². The van der Waals surface area contributed by atoms with Crippen LogP contribution in [0.2, 0.25) is 5.15 Å². The molecule has 1 aromatic rings. The Morgan fingerprint density at radius 1 is 1.28 bits per heavy atom. The average molecular weight is 268 g/mol. The predicted octanol–water partition coefficient (Wildman–Crippen LogP) is 3.72. The molecular formula is C14H22ClN3. The van der Waals surface area contributed by atoms with Crippen molar-refractivity contribution in [2.75, 3.05) is 11.4 Å². The lowest BCUT2D eigenvalue weighted by atomic mass is 9.95. The molecule has 0 saturated heterocycles. The van der Waals surface area contributed by atoms with Gasteiger partial charge in [-0.2, -0.15) is 0 Å². The first kappa shape index (κ1) is 13.6. The van der Waals surface area contributed by atoms with Crippen molar-refractivity contribution in [3.05, 3.63) is 16.5 Å². The predicted molar refractivity (Wildman–Crippen MR) is 76.5 cm³/mol. The standard InChI is InChI=1S/C14H22ClN3/c1-6-18(10-7-8-10)12-9(2)11(15)16-13(17-12)14(3,4)5/h10H,6-8H2,1-5H3. The Balaban J connectivity index is 2.48. The molecular weight excluding hydrogens is 246 g/mol. The molecule has 1 saturated carbocycles. The Labute approximate surface area is 115 Å². The van der Waals surface area contributed by atoms with Crippen LogP contribution in [-0.4, -0.2) is 22.6 Å². The van der Waals surface area contributed by atoms with Crippen molar-refractivity contribution in [2.45, 2.75) is 58.9 Å². The molecule has 1 aliphatic rings. The van der Waals surface area contributed by atoms with Crippen LogP contribution in [0.4, 0.5) is 5.82 Å². The Morgan fingerprint density at radius 3 is 2.33 bits per heavy atom. The summed E-state index contributed by atoms with van der Waals surface area (Å²) in [7, 11) is 0. The van der Waals surface area contributed by atoms with Crippen LogP contribution in [-0.2, 0) is 5.41 Å². The number of hydrogen-bond acceptors (Lipinski definition) is 3. The third kappa shape index (κ3) is 2.61. The van der Waals surface area contributed by atoms with Gasteiger partial charge in [0.25, 0.3) is 0 Å². The Morgan fingerprint density at radius 2 is 1.89 bits per heavy atom. The van der Waals surface area contributed by atoms with Crippen LogP contribution in [0.1, 0.15) is 51.9 Å². The van der Waals surface area contributed by atoms with E-state index in [1.54, 1.807) is 0 Å². The zero-order chi connectivity index (χ0) is 13.5. The minimum absolute atomic E-state index is 0.0744. The van der Waals surface area contributed by atoms with E-state index in [1.807, 2.05) is 6.92 Å². The Bertz CT molecular complexity index is 447. The summed E-state index contributed by atoms with van der Waals surface area (Å²) >= 11 is 6.27. The van der Waals surface area contributed by atoms with E-state index in [1.165, 1.54) is 12.8 Å². The number of rotatable bonds is 3. The molecule has 0 amide bonds. The van der Waals surface area contributed by atoms with E-state index < -0.39 is 0 Å². The molecule has 0 unspecified atom stereocenters. The number of anilines is 1. The summed E-state index contributed by atoms with van der Waals surface area (Å²) in [4.78, 5) is 11.6. The molecule has 0 spiro atoms. The van der Waals surface area contributed by atoms with Crippen LogP contribution < -0.4 is 4.90 Å². The second-order valence-corrected chi connectivity index (χ2v) is 6.41. The molecule has 2 rings (SSSR count). The first-order valence-electron chi connectivity index (χ1n) is 6.66. The SMILES string of the molecule is CCN(c1nc(C(C)(C)C)nc(Cl)c1C)C1CC1. The van der Waals surface area contributed by atoms with Gasteiger partial charge in [-0.15, -0.1) is 0 Å². The lowest BCUT2D eigenvalue weighted by molar-refractivity contribution is 0.543. The maximum atomic E-state index is 6.27. The van der Waals surface area contributed by atoms with Crippen LogP contribution >= 0.6 is 11.6 Å². The maximum absolute atomic E-state index is 6.27. The van der Waals surface area contributed by atoms with Crippen molar-refractivity contribution < 1.29 is 0 Å². The lowest BCUT2D eigenvalue weighted by Crippen LogP contribution is -2.29. The monoisotopic (exact) mass is 267 g/mol. The fraction of sp³-hybridized carbons (Fsp3) is 0.714. The van der Waals surface area contributed by atoms with Crippen molar-refractivity contribution in [1.29, 1.82) is 0 Å². The molecule has 1 heterocycles. The summed E-state index contributed by atoms with van der Waals surface area (Å²) in [5, 5.41) is 0.587. The molecule has 0 radical (unpaired) electrons. The van der Waals surface area contributed by atoms with Crippen LogP contribution in [0, 0.1) is 6.92 Å². The van der Waals surface area contributed by atoms with Gasteiger partial charge in [-0.1, -0.05) is 32.4 Å². The molecule has 100 valence electrons. The van der Waals surface area contributed by atoms with Crippen molar-refractivity contribution in [1.82, 2.24) is 9.97 Å². The van der Waals surface area contributed by atoms with Crippen LogP contribution in [0.5, 0.6) is 0 Å². The molecule has 1 aliphatic carbocycles. The van der Waals surface area contributed by atoms with Crippen LogP contribution in [0.15, 0.2) is 0 Å². The fourth-order valence-electron chi connectivity index (χ4n) is 2.06. The molecule has 4 heteroatoms. The molecule has 1 aromatic heterocycles. The molecule has 18 heavy (non-hydrogen) atoms. The van der Waals surface area contributed by atoms with E-state index in [-0.39, 0.29) is 5.41 Å². The number of nitrogens with zero attached hydrogens (tertiary/aromatic N) is 3. The number of hydrogen-bond donors (Lipinski definition) is 0. The van der Waals surface area contributed by atoms with Gasteiger partial charge in [-0.05, 0) is 26.7 Å². The average Bonchev–Trinajstić information content (AvgIpc) is 3.07. The van der Waals surface area contributed by atoms with E-state index in [0.717, 1.165) is 23.8 Å². The van der Waals surface area contributed by atoms with Gasteiger partial charge in [0.2, 0.25) is 0 Å². The second-order valence-electron chi connectivity index (χ2n) is 6.05. The molecule has 0 atom stereocenters. The summed E-state index contributed by atoms with van der Waals surface area (Å²) in [6.45, 7) is 11.5. The van der Waals surface area contributed by atoms with E-state index in [0.29, 0.717) is 11.2 Å². The highest BCUT2D eigenvalue weighted by Gasteiger charge is 2.31. The highest BCUT2D eigenvalue weighted by molar-refractivity contribution is 6.30. The van der Waals surface area contributed by atoms with Crippen molar-refractivity contribution in [3.8, 4) is 0 Å². The van der Waals surface area contributed by atoms with Crippen molar-refractivity contribution >= 4 is 17.4 Å². The summed E-state index contributed by atoms with van der Waals surface area (Å²) in [5.41, 5.74) is 0.924. The molecule has 3 nitrogen and oxygen atoms in total. The Kier molecular flexibility index (Phi) is 3.54. The van der Waals surface area contributed by atoms with E-state index >= 15 is 0 Å². The lowest BCUT2D eigenvalue weighted by Gasteiger charge is -2.26. The minimum Gasteiger partial charge on any atom is -0.354 e. The quantitative estimate of drug-likeness (QED) is 0.782. The van der Waals surface area contributed by atoms with Crippen molar-refractivity contribution in [3.63, 3.8) is 0 Å². The third-order valence-electron chi connectivity index (χ3n) is 3.33. The zero-order valence-corrected chi connectivity index (χ0v) is 12.7. The van der Waals surface area contributed by atoms with E-state index in [2.05, 4.69) is 37.6 Å². The summed E-state index contributed by atoms with van der Waals surface area (Å²) in [5.74, 6) is 1.84. The van der Waals surface area contributed by atoms with Gasteiger partial charge in [-0.3, -0.25) is 0 Å². The smallest absolute Gasteiger partial charge is 0.137 e. The van der Waals surface area contributed by atoms with Gasteiger partial charge in [0.15, 0.2) is 0 Å². The highest BCUT2D eigenvalue weighted by atomic mass is 35.5. The number of aromatic nitrogens is 2. The molecule has 0 N–H and O–H groups in total. The topological polar surface area (TPSA) is 29.0 Å². The summed E-state index contributed by atoms with van der Waals surface area (Å²) < 4.78 is 0. The number of halogens is 1. The normalized spacial score (nSPS) is 15.9. The highest BCUT2D eigenvalue weighted by Crippen LogP contribution is 2.35.